The summed E-state index contributed by atoms with van der Waals surface area (Å²) >= 11 is 0. The molecule has 8 heteroatoms. The third-order valence-corrected chi connectivity index (χ3v) is 7.10. The fourth-order valence-corrected chi connectivity index (χ4v) is 5.89. The molecular formula is C12H18N2O4S2. The monoisotopic (exact) mass is 318 g/mol. The Balaban J connectivity index is 2.25. The van der Waals surface area contributed by atoms with E-state index in [1.165, 1.54) is 7.05 Å². The van der Waals surface area contributed by atoms with Gasteiger partial charge in [-0.2, -0.15) is 4.31 Å². The van der Waals surface area contributed by atoms with Gasteiger partial charge in [0.2, 0.25) is 20.0 Å². The minimum absolute atomic E-state index is 0.177. The molecule has 1 aliphatic heterocycles. The van der Waals surface area contributed by atoms with Crippen molar-refractivity contribution in [2.45, 2.75) is 24.0 Å². The summed E-state index contributed by atoms with van der Waals surface area (Å²) < 4.78 is 51.9. The quantitative estimate of drug-likeness (QED) is 0.856. The predicted octanol–water partition coefficient (Wildman–Crippen LogP) is 0.488. The summed E-state index contributed by atoms with van der Waals surface area (Å²) in [4.78, 5) is 0. The van der Waals surface area contributed by atoms with Crippen LogP contribution in [0.25, 0.3) is 0 Å². The highest BCUT2D eigenvalue weighted by Crippen LogP contribution is 2.26. The molecule has 1 unspecified atom stereocenters. The number of benzene rings is 1. The highest BCUT2D eigenvalue weighted by molar-refractivity contribution is 7.92. The molecule has 112 valence electrons. The lowest BCUT2D eigenvalue weighted by atomic mass is 10.2. The van der Waals surface area contributed by atoms with E-state index in [4.69, 9.17) is 0 Å². The van der Waals surface area contributed by atoms with Crippen molar-refractivity contribution in [2.24, 2.45) is 0 Å². The number of rotatable bonds is 5. The Kier molecular flexibility index (Phi) is 4.48. The van der Waals surface area contributed by atoms with Gasteiger partial charge in [0, 0.05) is 6.54 Å². The van der Waals surface area contributed by atoms with Gasteiger partial charge in [0.25, 0.3) is 0 Å². The molecule has 0 aromatic heterocycles. The zero-order chi connectivity index (χ0) is 14.8. The summed E-state index contributed by atoms with van der Waals surface area (Å²) in [7, 11) is -5.97. The van der Waals surface area contributed by atoms with E-state index in [0.29, 0.717) is 18.4 Å². The van der Waals surface area contributed by atoms with Crippen LogP contribution in [0.3, 0.4) is 0 Å². The van der Waals surface area contributed by atoms with Gasteiger partial charge in [0.05, 0.1) is 5.75 Å². The maximum atomic E-state index is 12.4. The molecule has 1 N–H and O–H groups in total. The summed E-state index contributed by atoms with van der Waals surface area (Å²) in [5.41, 5.74) is 0.653. The van der Waals surface area contributed by atoms with Crippen LogP contribution >= 0.6 is 0 Å². The molecule has 20 heavy (non-hydrogen) atoms. The molecule has 1 saturated heterocycles. The third kappa shape index (κ3) is 3.20. The minimum Gasteiger partial charge on any atom is -0.217 e. The first-order valence-electron chi connectivity index (χ1n) is 6.32. The van der Waals surface area contributed by atoms with Crippen LogP contribution < -0.4 is 4.72 Å². The average molecular weight is 318 g/mol. The molecule has 0 bridgehead atoms. The summed E-state index contributed by atoms with van der Waals surface area (Å²) in [6, 6.07) is 8.76. The van der Waals surface area contributed by atoms with Gasteiger partial charge in [-0.05, 0) is 25.5 Å². The molecule has 0 aliphatic carbocycles. The average Bonchev–Trinajstić information content (AvgIpc) is 2.90. The maximum Gasteiger partial charge on any atom is 0.228 e. The maximum absolute atomic E-state index is 12.4. The van der Waals surface area contributed by atoms with Crippen molar-refractivity contribution in [3.05, 3.63) is 35.9 Å². The molecule has 0 amide bonds. The number of hydrogen-bond donors (Lipinski definition) is 1. The van der Waals surface area contributed by atoms with Gasteiger partial charge in [-0.3, -0.25) is 0 Å². The smallest absolute Gasteiger partial charge is 0.217 e. The summed E-state index contributed by atoms with van der Waals surface area (Å²) in [5, 5.41) is -0.999. The van der Waals surface area contributed by atoms with Crippen LogP contribution in [0.1, 0.15) is 18.4 Å². The van der Waals surface area contributed by atoms with Crippen LogP contribution in [-0.4, -0.2) is 40.1 Å². The molecule has 0 saturated carbocycles. The van der Waals surface area contributed by atoms with Crippen molar-refractivity contribution in [3.8, 4) is 0 Å². The first-order chi connectivity index (χ1) is 9.37. The highest BCUT2D eigenvalue weighted by Gasteiger charge is 2.41. The van der Waals surface area contributed by atoms with Crippen LogP contribution in [0, 0.1) is 0 Å². The number of nitrogens with one attached hydrogen (secondary N) is 1. The molecular weight excluding hydrogens is 300 g/mol. The third-order valence-electron chi connectivity index (χ3n) is 3.34. The Hall–Kier alpha value is -0.960. The predicted molar refractivity (Wildman–Crippen MR) is 76.8 cm³/mol. The van der Waals surface area contributed by atoms with Gasteiger partial charge < -0.3 is 0 Å². The van der Waals surface area contributed by atoms with Crippen LogP contribution in [-0.2, 0) is 25.8 Å². The molecule has 0 radical (unpaired) electrons. The van der Waals surface area contributed by atoms with E-state index in [1.54, 1.807) is 30.3 Å². The Morgan fingerprint density at radius 3 is 2.45 bits per heavy atom. The molecule has 1 heterocycles. The first kappa shape index (κ1) is 15.4. The van der Waals surface area contributed by atoms with Gasteiger partial charge >= 0.3 is 0 Å². The van der Waals surface area contributed by atoms with Crippen LogP contribution in [0.2, 0.25) is 0 Å². The lowest BCUT2D eigenvalue weighted by molar-refractivity contribution is 0.436. The Bertz CT molecular complexity index is 656. The summed E-state index contributed by atoms with van der Waals surface area (Å²) in [5.74, 6) is -0.177. The van der Waals surface area contributed by atoms with Crippen molar-refractivity contribution >= 4 is 20.0 Å². The number of hydrogen-bond acceptors (Lipinski definition) is 4. The Morgan fingerprint density at radius 2 is 1.85 bits per heavy atom. The van der Waals surface area contributed by atoms with Gasteiger partial charge in [-0.15, -0.1) is 0 Å². The van der Waals surface area contributed by atoms with Gasteiger partial charge in [0.15, 0.2) is 0 Å². The lowest BCUT2D eigenvalue weighted by Crippen LogP contribution is -2.44. The molecule has 1 aliphatic rings. The normalized spacial score (nSPS) is 21.1. The first-order valence-corrected chi connectivity index (χ1v) is 9.48. The zero-order valence-electron chi connectivity index (χ0n) is 11.2. The van der Waals surface area contributed by atoms with Crippen molar-refractivity contribution in [1.29, 1.82) is 0 Å². The van der Waals surface area contributed by atoms with Crippen LogP contribution in [0.5, 0.6) is 0 Å². The summed E-state index contributed by atoms with van der Waals surface area (Å²) in [6.07, 6.45) is 0.886. The van der Waals surface area contributed by atoms with Crippen molar-refractivity contribution < 1.29 is 16.8 Å². The largest absolute Gasteiger partial charge is 0.228 e. The second-order valence-corrected chi connectivity index (χ2v) is 8.66. The lowest BCUT2D eigenvalue weighted by Gasteiger charge is -2.23. The minimum atomic E-state index is -3.64. The number of nitrogens with zero attached hydrogens (tertiary/aromatic N) is 1. The van der Waals surface area contributed by atoms with E-state index in [1.807, 2.05) is 0 Å². The summed E-state index contributed by atoms with van der Waals surface area (Å²) in [6.45, 7) is 0.251. The van der Waals surface area contributed by atoms with E-state index in [9.17, 15) is 16.8 Å². The second kappa shape index (κ2) is 5.80. The molecule has 1 aromatic carbocycles. The van der Waals surface area contributed by atoms with Crippen LogP contribution in [0.4, 0.5) is 0 Å². The van der Waals surface area contributed by atoms with Crippen molar-refractivity contribution in [3.63, 3.8) is 0 Å². The van der Waals surface area contributed by atoms with E-state index >= 15 is 0 Å². The fraction of sp³-hybridized carbons (Fsp3) is 0.500. The molecule has 0 spiro atoms. The van der Waals surface area contributed by atoms with Crippen molar-refractivity contribution in [1.82, 2.24) is 9.03 Å². The standard InChI is InChI=1S/C12H18N2O4S2/c1-13-20(17,18)12-8-5-9-14(12)19(15,16)10-11-6-3-2-4-7-11/h2-4,6-7,12-13H,5,8-10H2,1H3. The van der Waals surface area contributed by atoms with E-state index < -0.39 is 25.4 Å². The molecule has 2 rings (SSSR count). The van der Waals surface area contributed by atoms with Crippen molar-refractivity contribution in [2.75, 3.05) is 13.6 Å². The van der Waals surface area contributed by atoms with E-state index in [0.717, 1.165) is 4.31 Å². The molecule has 1 fully saturated rings. The number of sulfonamides is 2. The van der Waals surface area contributed by atoms with Gasteiger partial charge in [-0.25, -0.2) is 21.6 Å². The fourth-order valence-electron chi connectivity index (χ4n) is 2.34. The topological polar surface area (TPSA) is 83.6 Å². The van der Waals surface area contributed by atoms with E-state index in [2.05, 4.69) is 4.72 Å². The molecule has 1 atom stereocenters. The molecule has 6 nitrogen and oxygen atoms in total. The Morgan fingerprint density at radius 1 is 1.20 bits per heavy atom. The second-order valence-electron chi connectivity index (χ2n) is 4.70. The SMILES string of the molecule is CNS(=O)(=O)C1CCCN1S(=O)(=O)Cc1ccccc1. The zero-order valence-corrected chi connectivity index (χ0v) is 12.8. The van der Waals surface area contributed by atoms with Gasteiger partial charge in [-0.1, -0.05) is 30.3 Å². The van der Waals surface area contributed by atoms with Crippen LogP contribution in [0.15, 0.2) is 30.3 Å². The Labute approximate surface area is 119 Å². The highest BCUT2D eigenvalue weighted by atomic mass is 32.2. The molecule has 1 aromatic rings. The van der Waals surface area contributed by atoms with E-state index in [-0.39, 0.29) is 12.3 Å². The van der Waals surface area contributed by atoms with Gasteiger partial charge in [0.1, 0.15) is 5.37 Å².